The fourth-order valence-corrected chi connectivity index (χ4v) is 21.7. The van der Waals surface area contributed by atoms with Gasteiger partial charge in [-0.05, 0) is 245 Å². The molecule has 9 heterocycles. The van der Waals surface area contributed by atoms with E-state index in [2.05, 4.69) is 105 Å². The quantitative estimate of drug-likeness (QED) is 0.144. The van der Waals surface area contributed by atoms with E-state index < -0.39 is 0 Å². The summed E-state index contributed by atoms with van der Waals surface area (Å²) < 4.78 is 7.82. The van der Waals surface area contributed by atoms with Crippen molar-refractivity contribution in [3.8, 4) is 17.1 Å². The van der Waals surface area contributed by atoms with Gasteiger partial charge in [0.25, 0.3) is 0 Å². The van der Waals surface area contributed by atoms with E-state index in [1.165, 1.54) is 79.1 Å². The highest BCUT2D eigenvalue weighted by Crippen LogP contribution is 2.77. The maximum absolute atomic E-state index is 2.62. The summed E-state index contributed by atoms with van der Waals surface area (Å²) in [5, 5.41) is 0. The van der Waals surface area contributed by atoms with Crippen molar-refractivity contribution in [1.82, 2.24) is 13.7 Å². The third-order valence-corrected chi connectivity index (χ3v) is 23.5. The van der Waals surface area contributed by atoms with Gasteiger partial charge in [0, 0.05) is 68.6 Å². The van der Waals surface area contributed by atoms with Gasteiger partial charge in [0.15, 0.2) is 0 Å². The monoisotopic (exact) mass is 923 g/mol. The fraction of sp³-hybridized carbons (Fsp3) is 0.229. The third kappa shape index (κ3) is 2.93. The van der Waals surface area contributed by atoms with Crippen LogP contribution in [0.5, 0.6) is 0 Å². The molecule has 3 aromatic heterocycles. The summed E-state index contributed by atoms with van der Waals surface area (Å²) in [7, 11) is 0. The molecule has 0 saturated heterocycles. The van der Waals surface area contributed by atoms with E-state index in [4.69, 9.17) is 0 Å². The Balaban J connectivity index is 0.0000000744. The Kier molecular flexibility index (Phi) is 4.61. The predicted molar refractivity (Wildman–Crippen MR) is 285 cm³/mol. The molecule has 6 aliphatic heterocycles. The Hall–Kier alpha value is -7.62. The minimum atomic E-state index is 0.469. The second-order valence-corrected chi connectivity index (χ2v) is 25.3. The van der Waals surface area contributed by atoms with Gasteiger partial charge in [-0.1, -0.05) is 60.3 Å². The van der Waals surface area contributed by atoms with Crippen LogP contribution in [0.15, 0.2) is 141 Å². The van der Waals surface area contributed by atoms with Crippen molar-refractivity contribution in [2.75, 3.05) is 0 Å². The molecule has 6 aromatic rings. The minimum Gasteiger partial charge on any atom is -0.315 e. The summed E-state index contributed by atoms with van der Waals surface area (Å²) in [6.45, 7) is 0. The van der Waals surface area contributed by atoms with E-state index in [1.54, 1.807) is 184 Å². The molecule has 3 aromatic carbocycles. The molecule has 3 unspecified atom stereocenters. The van der Waals surface area contributed by atoms with E-state index in [1.807, 2.05) is 0 Å². The Morgan fingerprint density at radius 1 is 0.329 bits per heavy atom. The van der Waals surface area contributed by atoms with Crippen molar-refractivity contribution >= 4 is 33.4 Å². The van der Waals surface area contributed by atoms with Crippen LogP contribution in [-0.4, -0.2) is 13.7 Å². The van der Waals surface area contributed by atoms with Crippen molar-refractivity contribution < 1.29 is 0 Å². The highest BCUT2D eigenvalue weighted by atomic mass is 15.2. The molecule has 3 atom stereocenters. The smallest absolute Gasteiger partial charge is 0.0694 e. The molecule has 0 spiro atoms. The molecule has 3 nitrogen and oxygen atoms in total. The molecule has 15 aliphatic carbocycles. The summed E-state index contributed by atoms with van der Waals surface area (Å²) in [5.74, 6) is 3.40. The standard InChI is InChI=1S/C25H14.C24H18.C21H9N3/c1-3-10-16-8(1)14-7-15-21(16)23-18(10)12-5-6-13-19-11-4-2-9(14)17(11)22(15)24(19)25(23)20(12)13;1-4-13-10-19-22(16(13)7-1)20-11-14-5-2-9-18(14)24(20)21-12-15-6-3-8-17(15)23(19)21;1-2-8-14-10-5-6-12-15-11-4-3-9-13-7(1)22(8)19-16(13)20(23(9)11)18(15)21(17(14)19)24(10)12/h1,4-5,14,18-19H,2-3,6-7H2;4-9H,1-3,10-12H2;1-6,13-15H. The van der Waals surface area contributed by atoms with Gasteiger partial charge in [-0.25, -0.2) is 0 Å². The van der Waals surface area contributed by atoms with E-state index in [9.17, 15) is 0 Å². The molecule has 27 rings (SSSR count). The summed E-state index contributed by atoms with van der Waals surface area (Å²) in [6, 6.07) is 14.3. The number of benzene rings is 3. The molecule has 2 bridgehead atoms. The molecule has 0 fully saturated rings. The van der Waals surface area contributed by atoms with Gasteiger partial charge < -0.3 is 13.7 Å². The first-order valence-electron chi connectivity index (χ1n) is 28.1. The van der Waals surface area contributed by atoms with Crippen LogP contribution in [0.25, 0.3) is 50.5 Å². The molecule has 336 valence electrons. The largest absolute Gasteiger partial charge is 0.315 e. The van der Waals surface area contributed by atoms with Crippen LogP contribution < -0.4 is 0 Å². The lowest BCUT2D eigenvalue weighted by Gasteiger charge is -2.36. The van der Waals surface area contributed by atoms with Crippen LogP contribution in [0.1, 0.15) is 186 Å². The first-order chi connectivity index (χ1) is 36.3. The number of nitrogens with zero attached hydrogens (tertiary/aromatic N) is 3. The van der Waals surface area contributed by atoms with Crippen LogP contribution in [-0.2, 0) is 25.7 Å². The molecule has 0 radical (unpaired) electrons. The molecule has 73 heavy (non-hydrogen) atoms. The van der Waals surface area contributed by atoms with Gasteiger partial charge in [0.1, 0.15) is 0 Å². The van der Waals surface area contributed by atoms with E-state index >= 15 is 0 Å². The van der Waals surface area contributed by atoms with Gasteiger partial charge in [-0.2, -0.15) is 0 Å². The molecular weight excluding hydrogens is 883 g/mol. The second-order valence-electron chi connectivity index (χ2n) is 25.3. The SMILES string of the molecule is C1=C2C3=C(C1)C1C4=CCC5=C4c4c1c3c1c3c4C5C4=CCC(=C43)C2C1.C1=C2Cc3c(c4c(c5c3C3=CCC=C3C5)C3=CCC=C3C4)C2=CC1.c1cc2n3c1C1c4c-3c3c5c6c4-n4c1ccc4C6c1ccc(n1-5)C32. The van der Waals surface area contributed by atoms with Gasteiger partial charge >= 0.3 is 0 Å². The lowest BCUT2D eigenvalue weighted by Crippen LogP contribution is -2.23. The highest BCUT2D eigenvalue weighted by molar-refractivity contribution is 6.15. The van der Waals surface area contributed by atoms with Crippen molar-refractivity contribution in [3.05, 3.63) is 259 Å². The average Bonchev–Trinajstić information content (AvgIpc) is 4.31. The lowest BCUT2D eigenvalue weighted by molar-refractivity contribution is 0.689. The zero-order valence-electron chi connectivity index (χ0n) is 40.0. The van der Waals surface area contributed by atoms with Crippen LogP contribution in [0.2, 0.25) is 0 Å². The van der Waals surface area contributed by atoms with Crippen LogP contribution >= 0.6 is 0 Å². The molecule has 0 amide bonds. The fourth-order valence-electron chi connectivity index (χ4n) is 21.7. The maximum atomic E-state index is 2.62. The van der Waals surface area contributed by atoms with Gasteiger partial charge in [-0.3, -0.25) is 0 Å². The van der Waals surface area contributed by atoms with Gasteiger partial charge in [0.05, 0.1) is 34.8 Å². The number of allylic oxidation sites excluding steroid dienone is 24. The topological polar surface area (TPSA) is 14.8 Å². The Morgan fingerprint density at radius 3 is 1.15 bits per heavy atom. The summed E-state index contributed by atoms with van der Waals surface area (Å²) in [5.41, 5.74) is 64.0. The Morgan fingerprint density at radius 2 is 0.712 bits per heavy atom. The normalized spacial score (nSPS) is 28.8. The van der Waals surface area contributed by atoms with Crippen molar-refractivity contribution in [1.29, 1.82) is 0 Å². The molecule has 0 N–H and O–H groups in total. The Labute approximate surface area is 420 Å². The zero-order valence-corrected chi connectivity index (χ0v) is 40.0. The first-order valence-corrected chi connectivity index (χ1v) is 28.1. The van der Waals surface area contributed by atoms with E-state index in [0.717, 1.165) is 19.3 Å². The van der Waals surface area contributed by atoms with Crippen LogP contribution in [0.4, 0.5) is 0 Å². The van der Waals surface area contributed by atoms with Crippen LogP contribution in [0.3, 0.4) is 0 Å². The van der Waals surface area contributed by atoms with Crippen molar-refractivity contribution in [3.63, 3.8) is 0 Å². The number of aromatic nitrogens is 3. The third-order valence-electron chi connectivity index (χ3n) is 23.5. The summed E-state index contributed by atoms with van der Waals surface area (Å²) in [6.07, 6.45) is 34.5. The van der Waals surface area contributed by atoms with Crippen molar-refractivity contribution in [2.24, 2.45) is 5.92 Å². The predicted octanol–water partition coefficient (Wildman–Crippen LogP) is 14.3. The first kappa shape index (κ1) is 33.9. The van der Waals surface area contributed by atoms with Crippen LogP contribution in [0, 0.1) is 5.92 Å². The molecule has 3 heteroatoms. The second kappa shape index (κ2) is 9.93. The Bertz CT molecular complexity index is 4360. The number of hydrogen-bond acceptors (Lipinski definition) is 0. The number of fused-ring (bicyclic) bond motifs is 25. The zero-order chi connectivity index (χ0) is 45.4. The van der Waals surface area contributed by atoms with Crippen molar-refractivity contribution in [2.45, 2.75) is 93.8 Å². The highest BCUT2D eigenvalue weighted by Gasteiger charge is 2.62. The molecule has 0 saturated carbocycles. The minimum absolute atomic E-state index is 0.469. The summed E-state index contributed by atoms with van der Waals surface area (Å²) in [4.78, 5) is 0. The number of rotatable bonds is 0. The van der Waals surface area contributed by atoms with Gasteiger partial charge in [0.2, 0.25) is 0 Å². The summed E-state index contributed by atoms with van der Waals surface area (Å²) >= 11 is 0. The van der Waals surface area contributed by atoms with Gasteiger partial charge in [-0.15, -0.1) is 0 Å². The number of hydrogen-bond donors (Lipinski definition) is 0. The molecular formula is C70H41N3. The molecule has 21 aliphatic rings. The van der Waals surface area contributed by atoms with E-state index in [-0.39, 0.29) is 0 Å². The average molecular weight is 924 g/mol. The lowest BCUT2D eigenvalue weighted by atomic mass is 9.67. The maximum Gasteiger partial charge on any atom is 0.0694 e. The van der Waals surface area contributed by atoms with E-state index in [0.29, 0.717) is 35.5 Å².